The topological polar surface area (TPSA) is 24.9 Å². The van der Waals surface area contributed by atoms with E-state index in [1.165, 1.54) is 17.8 Å². The molecule has 1 rings (SSSR count). The van der Waals surface area contributed by atoms with Crippen LogP contribution in [0.3, 0.4) is 0 Å². The highest BCUT2D eigenvalue weighted by Gasteiger charge is 2.04. The fourth-order valence-electron chi connectivity index (χ4n) is 1.15. The average Bonchev–Trinajstić information content (AvgIpc) is 2.64. The van der Waals surface area contributed by atoms with Gasteiger partial charge in [-0.25, -0.2) is 4.98 Å². The summed E-state index contributed by atoms with van der Waals surface area (Å²) >= 11 is 5.16. The zero-order valence-corrected chi connectivity index (χ0v) is 10.2. The summed E-state index contributed by atoms with van der Waals surface area (Å²) in [6.07, 6.45) is 4.21. The van der Waals surface area contributed by atoms with Crippen LogP contribution in [0.5, 0.6) is 0 Å². The van der Waals surface area contributed by atoms with Gasteiger partial charge in [-0.15, -0.1) is 11.3 Å². The second-order valence-corrected chi connectivity index (χ2v) is 4.66. The molecule has 74 valence electrons. The van der Waals surface area contributed by atoms with E-state index in [1.54, 1.807) is 11.3 Å². The van der Waals surface area contributed by atoms with Crippen LogP contribution < -0.4 is 5.32 Å². The van der Waals surface area contributed by atoms with Crippen molar-refractivity contribution < 1.29 is 0 Å². The molecular weight excluding hydrogens is 248 g/mol. The second kappa shape index (κ2) is 6.51. The molecule has 0 bridgehead atoms. The molecule has 0 aliphatic heterocycles. The molecule has 0 aromatic carbocycles. The molecule has 0 fully saturated rings. The second-order valence-electron chi connectivity index (χ2n) is 2.89. The molecule has 1 aromatic heterocycles. The summed E-state index contributed by atoms with van der Waals surface area (Å²) in [4.78, 5) is 4.23. The lowest BCUT2D eigenvalue weighted by Crippen LogP contribution is -2.28. The van der Waals surface area contributed by atoms with Gasteiger partial charge in [0.05, 0.1) is 0 Å². The molecule has 1 aromatic rings. The third-order valence-corrected chi connectivity index (χ3v) is 3.21. The van der Waals surface area contributed by atoms with Crippen molar-refractivity contribution in [3.05, 3.63) is 16.6 Å². The van der Waals surface area contributed by atoms with Gasteiger partial charge in [0.1, 0.15) is 5.01 Å². The molecule has 0 radical (unpaired) electrons. The van der Waals surface area contributed by atoms with Crippen LogP contribution in [0.2, 0.25) is 0 Å². The van der Waals surface area contributed by atoms with E-state index in [0.29, 0.717) is 6.04 Å². The van der Waals surface area contributed by atoms with Gasteiger partial charge in [-0.05, 0) is 12.8 Å². The van der Waals surface area contributed by atoms with Gasteiger partial charge < -0.3 is 5.32 Å². The van der Waals surface area contributed by atoms with Gasteiger partial charge >= 0.3 is 0 Å². The van der Waals surface area contributed by atoms with Crippen molar-refractivity contribution in [3.63, 3.8) is 0 Å². The van der Waals surface area contributed by atoms with E-state index < -0.39 is 0 Å². The maximum atomic E-state index is 4.23. The Labute approximate surface area is 91.9 Å². The van der Waals surface area contributed by atoms with Crippen LogP contribution in [0.15, 0.2) is 11.6 Å². The number of rotatable bonds is 6. The molecule has 2 nitrogen and oxygen atoms in total. The number of thiazole rings is 1. The lowest BCUT2D eigenvalue weighted by molar-refractivity contribution is 0.487. The molecule has 1 atom stereocenters. The number of hydrogen-bond acceptors (Lipinski definition) is 3. The van der Waals surface area contributed by atoms with Gasteiger partial charge in [-0.2, -0.15) is 0 Å². The van der Waals surface area contributed by atoms with Crippen molar-refractivity contribution in [3.8, 4) is 0 Å². The highest BCUT2D eigenvalue weighted by atomic mass is 79.9. The number of alkyl halides is 1. The maximum absolute atomic E-state index is 4.23. The van der Waals surface area contributed by atoms with Gasteiger partial charge in [0.15, 0.2) is 0 Å². The standard InChI is InChI=1S/C9H15BrN2S/c1-2-8(3-4-10)12-7-9-11-5-6-13-9/h5-6,8,12H,2-4,7H2,1H3. The number of hydrogen-bond donors (Lipinski definition) is 1. The molecule has 0 saturated carbocycles. The summed E-state index contributed by atoms with van der Waals surface area (Å²) in [6, 6.07) is 0.614. The molecule has 1 unspecified atom stereocenters. The Morgan fingerprint density at radius 2 is 2.54 bits per heavy atom. The summed E-state index contributed by atoms with van der Waals surface area (Å²) in [5, 5.41) is 7.75. The first-order valence-corrected chi connectivity index (χ1v) is 6.54. The van der Waals surface area contributed by atoms with Crippen LogP contribution in [0, 0.1) is 0 Å². The predicted molar refractivity (Wildman–Crippen MR) is 61.4 cm³/mol. The molecule has 13 heavy (non-hydrogen) atoms. The number of aromatic nitrogens is 1. The van der Waals surface area contributed by atoms with E-state index in [1.807, 2.05) is 11.6 Å². The van der Waals surface area contributed by atoms with Crippen LogP contribution >= 0.6 is 27.3 Å². The molecule has 1 N–H and O–H groups in total. The minimum atomic E-state index is 0.614. The van der Waals surface area contributed by atoms with Crippen molar-refractivity contribution in [2.45, 2.75) is 32.4 Å². The number of nitrogens with one attached hydrogen (secondary N) is 1. The van der Waals surface area contributed by atoms with Crippen LogP contribution in [-0.4, -0.2) is 16.4 Å². The van der Waals surface area contributed by atoms with Crippen LogP contribution in [-0.2, 0) is 6.54 Å². The first-order chi connectivity index (χ1) is 6.36. The van der Waals surface area contributed by atoms with E-state index in [-0.39, 0.29) is 0 Å². The van der Waals surface area contributed by atoms with Crippen molar-refractivity contribution in [1.82, 2.24) is 10.3 Å². The molecule has 0 aliphatic carbocycles. The van der Waals surface area contributed by atoms with E-state index in [2.05, 4.69) is 33.2 Å². The van der Waals surface area contributed by atoms with E-state index in [9.17, 15) is 0 Å². The molecule has 4 heteroatoms. The number of halogens is 1. The Morgan fingerprint density at radius 3 is 3.08 bits per heavy atom. The molecule has 0 saturated heterocycles. The van der Waals surface area contributed by atoms with Gasteiger partial charge in [-0.3, -0.25) is 0 Å². The summed E-state index contributed by atoms with van der Waals surface area (Å²) in [5.74, 6) is 0. The van der Waals surface area contributed by atoms with Crippen LogP contribution in [0.25, 0.3) is 0 Å². The van der Waals surface area contributed by atoms with Gasteiger partial charge in [0.2, 0.25) is 0 Å². The Kier molecular flexibility index (Phi) is 5.58. The van der Waals surface area contributed by atoms with E-state index in [4.69, 9.17) is 0 Å². The first kappa shape index (κ1) is 11.1. The normalized spacial score (nSPS) is 13.1. The SMILES string of the molecule is CCC(CCBr)NCc1nccs1. The summed E-state index contributed by atoms with van der Waals surface area (Å²) < 4.78 is 0. The highest BCUT2D eigenvalue weighted by Crippen LogP contribution is 2.06. The maximum Gasteiger partial charge on any atom is 0.106 e. The zero-order valence-electron chi connectivity index (χ0n) is 7.79. The Bertz CT molecular complexity index is 213. The lowest BCUT2D eigenvalue weighted by atomic mass is 10.2. The molecule has 1 heterocycles. The van der Waals surface area contributed by atoms with Gasteiger partial charge in [0.25, 0.3) is 0 Å². The smallest absolute Gasteiger partial charge is 0.106 e. The summed E-state index contributed by atoms with van der Waals surface area (Å²) in [7, 11) is 0. The minimum Gasteiger partial charge on any atom is -0.308 e. The van der Waals surface area contributed by atoms with Crippen LogP contribution in [0.4, 0.5) is 0 Å². The Balaban J connectivity index is 2.23. The third kappa shape index (κ3) is 4.20. The van der Waals surface area contributed by atoms with Crippen molar-refractivity contribution in [2.75, 3.05) is 5.33 Å². The minimum absolute atomic E-state index is 0.614. The fraction of sp³-hybridized carbons (Fsp3) is 0.667. The van der Waals surface area contributed by atoms with Crippen molar-refractivity contribution in [2.24, 2.45) is 0 Å². The molecule has 0 aliphatic rings. The van der Waals surface area contributed by atoms with Crippen molar-refractivity contribution in [1.29, 1.82) is 0 Å². The first-order valence-electron chi connectivity index (χ1n) is 4.54. The Hall–Kier alpha value is 0.0700. The molecular formula is C9H15BrN2S. The van der Waals surface area contributed by atoms with Gasteiger partial charge in [0, 0.05) is 29.5 Å². The predicted octanol–water partition coefficient (Wildman–Crippen LogP) is 2.80. The molecule has 0 amide bonds. The zero-order chi connectivity index (χ0) is 9.52. The quantitative estimate of drug-likeness (QED) is 0.798. The molecule has 0 spiro atoms. The highest BCUT2D eigenvalue weighted by molar-refractivity contribution is 9.09. The van der Waals surface area contributed by atoms with E-state index in [0.717, 1.165) is 11.9 Å². The number of nitrogens with zero attached hydrogens (tertiary/aromatic N) is 1. The Morgan fingerprint density at radius 1 is 1.69 bits per heavy atom. The van der Waals surface area contributed by atoms with Gasteiger partial charge in [-0.1, -0.05) is 22.9 Å². The third-order valence-electron chi connectivity index (χ3n) is 1.98. The monoisotopic (exact) mass is 262 g/mol. The summed E-state index contributed by atoms with van der Waals surface area (Å²) in [6.45, 7) is 3.12. The summed E-state index contributed by atoms with van der Waals surface area (Å²) in [5.41, 5.74) is 0. The average molecular weight is 263 g/mol. The van der Waals surface area contributed by atoms with E-state index >= 15 is 0 Å². The fourth-order valence-corrected chi connectivity index (χ4v) is 2.27. The van der Waals surface area contributed by atoms with Crippen LogP contribution in [0.1, 0.15) is 24.8 Å². The lowest BCUT2D eigenvalue weighted by Gasteiger charge is -2.14. The largest absolute Gasteiger partial charge is 0.308 e. The van der Waals surface area contributed by atoms with Crippen molar-refractivity contribution >= 4 is 27.3 Å².